The van der Waals surface area contributed by atoms with Gasteiger partial charge in [-0.15, -0.1) is 6.42 Å². The second-order valence-corrected chi connectivity index (χ2v) is 6.72. The molecule has 0 saturated carbocycles. The molecule has 4 nitrogen and oxygen atoms in total. The van der Waals surface area contributed by atoms with Gasteiger partial charge in [0.1, 0.15) is 17.2 Å². The van der Waals surface area contributed by atoms with Crippen molar-refractivity contribution in [3.63, 3.8) is 0 Å². The minimum absolute atomic E-state index is 0.210. The Morgan fingerprint density at radius 2 is 1.89 bits per heavy atom. The third kappa shape index (κ3) is 3.00. The summed E-state index contributed by atoms with van der Waals surface area (Å²) in [6, 6.07) is 10.6. The van der Waals surface area contributed by atoms with Gasteiger partial charge in [0.05, 0.1) is 6.54 Å². The predicted octanol–water partition coefficient (Wildman–Crippen LogP) is 4.92. The highest BCUT2D eigenvalue weighted by Crippen LogP contribution is 2.36. The number of rotatable bonds is 4. The van der Waals surface area contributed by atoms with Crippen LogP contribution in [0.5, 0.6) is 0 Å². The highest BCUT2D eigenvalue weighted by molar-refractivity contribution is 5.97. The third-order valence-corrected chi connectivity index (χ3v) is 4.59. The number of hydrogen-bond acceptors (Lipinski definition) is 2. The maximum absolute atomic E-state index is 13.4. The summed E-state index contributed by atoms with van der Waals surface area (Å²) in [7, 11) is 0. The molecule has 1 aromatic carbocycles. The molecule has 0 bridgehead atoms. The SMILES string of the molecule is C#CCn1ccc2c(-c3cn(C(C)C)nc3-c3ccc(F)cc3)ccnc21. The van der Waals surface area contributed by atoms with Crippen LogP contribution in [0.2, 0.25) is 0 Å². The Morgan fingerprint density at radius 1 is 1.11 bits per heavy atom. The molecule has 27 heavy (non-hydrogen) atoms. The van der Waals surface area contributed by atoms with E-state index in [1.54, 1.807) is 18.3 Å². The van der Waals surface area contributed by atoms with E-state index in [0.717, 1.165) is 33.4 Å². The van der Waals surface area contributed by atoms with Gasteiger partial charge in [-0.3, -0.25) is 4.68 Å². The number of fused-ring (bicyclic) bond motifs is 1. The molecule has 0 unspecified atom stereocenters. The molecule has 0 atom stereocenters. The van der Waals surface area contributed by atoms with Crippen LogP contribution in [-0.2, 0) is 6.54 Å². The first-order valence-corrected chi connectivity index (χ1v) is 8.81. The lowest BCUT2D eigenvalue weighted by Crippen LogP contribution is -2.00. The first-order valence-electron chi connectivity index (χ1n) is 8.81. The van der Waals surface area contributed by atoms with Gasteiger partial charge in [-0.1, -0.05) is 5.92 Å². The number of halogens is 1. The van der Waals surface area contributed by atoms with Crippen LogP contribution in [0.3, 0.4) is 0 Å². The molecule has 0 radical (unpaired) electrons. The summed E-state index contributed by atoms with van der Waals surface area (Å²) in [4.78, 5) is 4.49. The van der Waals surface area contributed by atoms with Crippen molar-refractivity contribution in [2.45, 2.75) is 26.4 Å². The Balaban J connectivity index is 1.95. The molecule has 0 saturated heterocycles. The maximum Gasteiger partial charge on any atom is 0.141 e. The Kier molecular flexibility index (Phi) is 4.25. The van der Waals surface area contributed by atoms with Crippen molar-refractivity contribution in [3.05, 3.63) is 60.8 Å². The highest BCUT2D eigenvalue weighted by atomic mass is 19.1. The van der Waals surface area contributed by atoms with Crippen molar-refractivity contribution in [1.29, 1.82) is 0 Å². The molecule has 0 fully saturated rings. The molecule has 4 rings (SSSR count). The van der Waals surface area contributed by atoms with Crippen LogP contribution in [0, 0.1) is 18.2 Å². The van der Waals surface area contributed by atoms with Gasteiger partial charge in [0.25, 0.3) is 0 Å². The van der Waals surface area contributed by atoms with Crippen molar-refractivity contribution in [3.8, 4) is 34.7 Å². The van der Waals surface area contributed by atoms with Crippen molar-refractivity contribution >= 4 is 11.0 Å². The molecule has 134 valence electrons. The van der Waals surface area contributed by atoms with Crippen molar-refractivity contribution in [1.82, 2.24) is 19.3 Å². The molecule has 3 aromatic heterocycles. The number of terminal acetylenes is 1. The van der Waals surface area contributed by atoms with Crippen LogP contribution < -0.4 is 0 Å². The zero-order valence-corrected chi connectivity index (χ0v) is 15.2. The van der Waals surface area contributed by atoms with E-state index >= 15 is 0 Å². The topological polar surface area (TPSA) is 35.6 Å². The Bertz CT molecular complexity index is 1140. The van der Waals surface area contributed by atoms with E-state index in [-0.39, 0.29) is 11.9 Å². The summed E-state index contributed by atoms with van der Waals surface area (Å²) < 4.78 is 17.3. The summed E-state index contributed by atoms with van der Waals surface area (Å²) >= 11 is 0. The lowest BCUT2D eigenvalue weighted by molar-refractivity contribution is 0.534. The zero-order chi connectivity index (χ0) is 19.0. The van der Waals surface area contributed by atoms with Gasteiger partial charge in [0.15, 0.2) is 0 Å². The van der Waals surface area contributed by atoms with Gasteiger partial charge in [-0.2, -0.15) is 5.10 Å². The summed E-state index contributed by atoms with van der Waals surface area (Å²) in [6.45, 7) is 4.63. The van der Waals surface area contributed by atoms with Crippen LogP contribution in [0.4, 0.5) is 4.39 Å². The molecule has 0 amide bonds. The summed E-state index contributed by atoms with van der Waals surface area (Å²) in [5.74, 6) is 2.39. The molecule has 0 aliphatic carbocycles. The monoisotopic (exact) mass is 358 g/mol. The van der Waals surface area contributed by atoms with Gasteiger partial charge in [0, 0.05) is 41.1 Å². The van der Waals surface area contributed by atoms with Crippen LogP contribution >= 0.6 is 0 Å². The minimum Gasteiger partial charge on any atom is -0.321 e. The molecular formula is C22H19FN4. The Hall–Kier alpha value is -3.39. The van der Waals surface area contributed by atoms with Gasteiger partial charge >= 0.3 is 0 Å². The average Bonchev–Trinajstić information content (AvgIpc) is 3.28. The number of pyridine rings is 1. The average molecular weight is 358 g/mol. The normalized spacial score (nSPS) is 11.2. The van der Waals surface area contributed by atoms with Crippen LogP contribution in [-0.4, -0.2) is 19.3 Å². The molecule has 3 heterocycles. The molecule has 5 heteroatoms. The Labute approximate surface area is 157 Å². The highest BCUT2D eigenvalue weighted by Gasteiger charge is 2.18. The number of aromatic nitrogens is 4. The van der Waals surface area contributed by atoms with E-state index in [9.17, 15) is 4.39 Å². The molecule has 0 N–H and O–H groups in total. The van der Waals surface area contributed by atoms with E-state index in [4.69, 9.17) is 11.5 Å². The van der Waals surface area contributed by atoms with Crippen LogP contribution in [0.25, 0.3) is 33.4 Å². The first kappa shape index (κ1) is 17.0. The quantitative estimate of drug-likeness (QED) is 0.486. The van der Waals surface area contributed by atoms with Crippen LogP contribution in [0.1, 0.15) is 19.9 Å². The Morgan fingerprint density at radius 3 is 2.59 bits per heavy atom. The number of nitrogens with zero attached hydrogens (tertiary/aromatic N) is 4. The fourth-order valence-corrected chi connectivity index (χ4v) is 3.23. The minimum atomic E-state index is -0.263. The summed E-state index contributed by atoms with van der Waals surface area (Å²) in [5.41, 5.74) is 4.55. The van der Waals surface area contributed by atoms with Crippen LogP contribution in [0.15, 0.2) is 55.0 Å². The van der Waals surface area contributed by atoms with E-state index in [1.165, 1.54) is 12.1 Å². The molecule has 0 spiro atoms. The lowest BCUT2D eigenvalue weighted by Gasteiger charge is -2.05. The van der Waals surface area contributed by atoms with Crippen molar-refractivity contribution in [2.75, 3.05) is 0 Å². The van der Waals surface area contributed by atoms with Crippen molar-refractivity contribution in [2.24, 2.45) is 0 Å². The molecule has 0 aliphatic rings. The molecule has 4 aromatic rings. The first-order chi connectivity index (χ1) is 13.1. The molecule has 0 aliphatic heterocycles. The van der Waals surface area contributed by atoms with Gasteiger partial charge < -0.3 is 4.57 Å². The number of hydrogen-bond donors (Lipinski definition) is 0. The lowest BCUT2D eigenvalue weighted by atomic mass is 10.0. The maximum atomic E-state index is 13.4. The number of benzene rings is 1. The predicted molar refractivity (Wildman–Crippen MR) is 106 cm³/mol. The van der Waals surface area contributed by atoms with Crippen molar-refractivity contribution < 1.29 is 4.39 Å². The van der Waals surface area contributed by atoms with E-state index in [0.29, 0.717) is 6.54 Å². The summed E-state index contributed by atoms with van der Waals surface area (Å²) in [5, 5.41) is 5.78. The third-order valence-electron chi connectivity index (χ3n) is 4.59. The fourth-order valence-electron chi connectivity index (χ4n) is 3.23. The standard InChI is InChI=1S/C22H19FN4/c1-4-12-26-13-10-19-18(9-11-24-22(19)26)20-14-27(15(2)3)25-21(20)16-5-7-17(23)8-6-16/h1,5-11,13-15H,12H2,2-3H3. The zero-order valence-electron chi connectivity index (χ0n) is 15.2. The largest absolute Gasteiger partial charge is 0.321 e. The molecular weight excluding hydrogens is 339 g/mol. The van der Waals surface area contributed by atoms with E-state index < -0.39 is 0 Å². The second-order valence-electron chi connectivity index (χ2n) is 6.72. The fraction of sp³-hybridized carbons (Fsp3) is 0.182. The van der Waals surface area contributed by atoms with E-state index in [2.05, 4.69) is 24.8 Å². The van der Waals surface area contributed by atoms with E-state index in [1.807, 2.05) is 33.8 Å². The van der Waals surface area contributed by atoms with Gasteiger partial charge in [-0.25, -0.2) is 9.37 Å². The second kappa shape index (κ2) is 6.73. The summed E-state index contributed by atoms with van der Waals surface area (Å²) in [6.07, 6.45) is 11.2. The van der Waals surface area contributed by atoms with Gasteiger partial charge in [0.2, 0.25) is 0 Å². The van der Waals surface area contributed by atoms with Gasteiger partial charge in [-0.05, 0) is 55.8 Å². The smallest absolute Gasteiger partial charge is 0.141 e.